The molecule has 1 fully saturated rings. The van der Waals surface area contributed by atoms with Gasteiger partial charge in [-0.2, -0.15) is 0 Å². The van der Waals surface area contributed by atoms with E-state index in [1.807, 2.05) is 59.5 Å². The zero-order chi connectivity index (χ0) is 21.0. The van der Waals surface area contributed by atoms with Crippen LogP contribution in [0.25, 0.3) is 22.2 Å². The molecule has 0 unspecified atom stereocenters. The largest absolute Gasteiger partial charge is 0.439 e. The number of benzene rings is 3. The molecule has 1 aliphatic heterocycles. The molecule has 2 amide bonds. The molecule has 5 rings (SSSR count). The van der Waals surface area contributed by atoms with Crippen LogP contribution in [0.15, 0.2) is 83.3 Å². The van der Waals surface area contributed by atoms with Gasteiger partial charge in [-0.25, -0.2) is 9.78 Å². The molecule has 1 saturated heterocycles. The smallest absolute Gasteiger partial charge is 0.321 e. The molecule has 0 bridgehead atoms. The molecular weight excluding hydrogens is 388 g/mol. The quantitative estimate of drug-likeness (QED) is 0.521. The summed E-state index contributed by atoms with van der Waals surface area (Å²) in [4.78, 5) is 21.3. The van der Waals surface area contributed by atoms with E-state index >= 15 is 0 Å². The van der Waals surface area contributed by atoms with E-state index in [4.69, 9.17) is 9.40 Å². The number of oxazole rings is 1. The minimum absolute atomic E-state index is 0.0545. The van der Waals surface area contributed by atoms with Crippen LogP contribution in [0.2, 0.25) is 0 Å². The Bertz CT molecular complexity index is 1170. The molecule has 2 heterocycles. The molecule has 3 aromatic carbocycles. The Kier molecular flexibility index (Phi) is 5.37. The molecule has 6 heteroatoms. The molecule has 6 nitrogen and oxygen atoms in total. The summed E-state index contributed by atoms with van der Waals surface area (Å²) >= 11 is 0. The number of hydrogen-bond acceptors (Lipinski definition) is 4. The fourth-order valence-corrected chi connectivity index (χ4v) is 3.88. The number of piperazine rings is 1. The fraction of sp³-hybridized carbons (Fsp3) is 0.200. The van der Waals surface area contributed by atoms with Crippen molar-refractivity contribution in [2.45, 2.75) is 6.54 Å². The van der Waals surface area contributed by atoms with Crippen molar-refractivity contribution in [1.29, 1.82) is 0 Å². The van der Waals surface area contributed by atoms with E-state index < -0.39 is 0 Å². The van der Waals surface area contributed by atoms with Crippen molar-refractivity contribution < 1.29 is 9.21 Å². The predicted octanol–water partition coefficient (Wildman–Crippen LogP) is 4.84. The van der Waals surface area contributed by atoms with Crippen LogP contribution in [0.3, 0.4) is 0 Å². The average molecular weight is 412 g/mol. The lowest BCUT2D eigenvalue weighted by Gasteiger charge is -2.33. The molecule has 1 aliphatic rings. The number of amides is 2. The summed E-state index contributed by atoms with van der Waals surface area (Å²) in [6.07, 6.45) is 0. The van der Waals surface area contributed by atoms with E-state index in [0.717, 1.165) is 35.4 Å². The molecule has 4 aromatic rings. The number of aromatic nitrogens is 1. The zero-order valence-corrected chi connectivity index (χ0v) is 17.2. The second-order valence-electron chi connectivity index (χ2n) is 7.72. The number of nitrogens with one attached hydrogen (secondary N) is 1. The van der Waals surface area contributed by atoms with Crippen LogP contribution in [-0.4, -0.2) is 47.0 Å². The highest BCUT2D eigenvalue weighted by atomic mass is 16.3. The Morgan fingerprint density at radius 2 is 1.58 bits per heavy atom. The van der Waals surface area contributed by atoms with Gasteiger partial charge in [-0.05, 0) is 35.4 Å². The highest BCUT2D eigenvalue weighted by Gasteiger charge is 2.22. The van der Waals surface area contributed by atoms with Gasteiger partial charge in [0.05, 0.1) is 6.54 Å². The summed E-state index contributed by atoms with van der Waals surface area (Å²) in [5, 5.41) is 2.95. The number of carbonyl (C=O) groups excluding carboxylic acids is 1. The number of urea groups is 1. The van der Waals surface area contributed by atoms with Crippen LogP contribution in [0, 0.1) is 0 Å². The van der Waals surface area contributed by atoms with Crippen LogP contribution < -0.4 is 5.32 Å². The lowest BCUT2D eigenvalue weighted by atomic mass is 10.1. The summed E-state index contributed by atoms with van der Waals surface area (Å²) < 4.78 is 5.97. The van der Waals surface area contributed by atoms with E-state index in [-0.39, 0.29) is 6.03 Å². The van der Waals surface area contributed by atoms with Crippen LogP contribution in [0.1, 0.15) is 5.89 Å². The van der Waals surface area contributed by atoms with Gasteiger partial charge < -0.3 is 14.6 Å². The number of para-hydroxylation sites is 1. The Balaban J connectivity index is 1.20. The molecule has 0 radical (unpaired) electrons. The van der Waals surface area contributed by atoms with Crippen LogP contribution >= 0.6 is 0 Å². The SMILES string of the molecule is O=C(Nc1ccccc1)N1CCN(Cc2nc3cc(-c4ccccc4)ccc3o2)CC1. The van der Waals surface area contributed by atoms with Crippen molar-refractivity contribution in [2.24, 2.45) is 0 Å². The van der Waals surface area contributed by atoms with Crippen molar-refractivity contribution in [3.8, 4) is 11.1 Å². The van der Waals surface area contributed by atoms with Crippen molar-refractivity contribution in [1.82, 2.24) is 14.8 Å². The van der Waals surface area contributed by atoms with Gasteiger partial charge in [0.15, 0.2) is 5.58 Å². The van der Waals surface area contributed by atoms with Gasteiger partial charge in [-0.15, -0.1) is 0 Å². The Labute approximate surface area is 181 Å². The van der Waals surface area contributed by atoms with Crippen molar-refractivity contribution in [3.63, 3.8) is 0 Å². The third-order valence-electron chi connectivity index (χ3n) is 5.58. The molecule has 156 valence electrons. The van der Waals surface area contributed by atoms with Crippen LogP contribution in [0.5, 0.6) is 0 Å². The number of hydrogen-bond donors (Lipinski definition) is 1. The first-order valence-corrected chi connectivity index (χ1v) is 10.5. The minimum Gasteiger partial charge on any atom is -0.439 e. The van der Waals surface area contributed by atoms with E-state index in [0.29, 0.717) is 25.5 Å². The first kappa shape index (κ1) is 19.3. The molecule has 1 aromatic heterocycles. The second kappa shape index (κ2) is 8.62. The lowest BCUT2D eigenvalue weighted by Crippen LogP contribution is -2.49. The van der Waals surface area contributed by atoms with Gasteiger partial charge in [0.1, 0.15) is 5.52 Å². The summed E-state index contributed by atoms with van der Waals surface area (Å²) in [7, 11) is 0. The molecule has 1 N–H and O–H groups in total. The Morgan fingerprint density at radius 3 is 2.32 bits per heavy atom. The third kappa shape index (κ3) is 4.44. The second-order valence-corrected chi connectivity index (χ2v) is 7.72. The predicted molar refractivity (Wildman–Crippen MR) is 122 cm³/mol. The maximum Gasteiger partial charge on any atom is 0.321 e. The summed E-state index contributed by atoms with van der Waals surface area (Å²) in [5.74, 6) is 0.711. The minimum atomic E-state index is -0.0545. The fourth-order valence-electron chi connectivity index (χ4n) is 3.88. The number of carbonyl (C=O) groups is 1. The number of fused-ring (bicyclic) bond motifs is 1. The molecule has 0 saturated carbocycles. The van der Waals surface area contributed by atoms with E-state index in [1.54, 1.807) is 0 Å². The van der Waals surface area contributed by atoms with Crippen LogP contribution in [0.4, 0.5) is 10.5 Å². The van der Waals surface area contributed by atoms with Crippen LogP contribution in [-0.2, 0) is 6.54 Å². The zero-order valence-electron chi connectivity index (χ0n) is 17.2. The van der Waals surface area contributed by atoms with Crippen molar-refractivity contribution in [2.75, 3.05) is 31.5 Å². The van der Waals surface area contributed by atoms with Crippen molar-refractivity contribution in [3.05, 3.63) is 84.8 Å². The van der Waals surface area contributed by atoms with E-state index in [2.05, 4.69) is 34.5 Å². The maximum atomic E-state index is 12.5. The molecule has 0 aliphatic carbocycles. The summed E-state index contributed by atoms with van der Waals surface area (Å²) in [5.41, 5.74) is 4.79. The normalized spacial score (nSPS) is 14.6. The molecule has 31 heavy (non-hydrogen) atoms. The Hall–Kier alpha value is -3.64. The standard InChI is InChI=1S/C25H24N4O2/c30-25(26-21-9-5-2-6-10-21)29-15-13-28(14-16-29)18-24-27-22-17-20(11-12-23(22)31-24)19-7-3-1-4-8-19/h1-12,17H,13-16,18H2,(H,26,30). The average Bonchev–Trinajstić information content (AvgIpc) is 3.22. The monoisotopic (exact) mass is 412 g/mol. The number of rotatable bonds is 4. The van der Waals surface area contributed by atoms with E-state index in [9.17, 15) is 4.79 Å². The highest BCUT2D eigenvalue weighted by Crippen LogP contribution is 2.25. The number of nitrogens with zero attached hydrogens (tertiary/aromatic N) is 3. The first-order chi connectivity index (χ1) is 15.2. The van der Waals surface area contributed by atoms with Gasteiger partial charge in [0, 0.05) is 31.9 Å². The van der Waals surface area contributed by atoms with Crippen molar-refractivity contribution >= 4 is 22.8 Å². The third-order valence-corrected chi connectivity index (χ3v) is 5.58. The molecular formula is C25H24N4O2. The lowest BCUT2D eigenvalue weighted by molar-refractivity contribution is 0.136. The maximum absolute atomic E-state index is 12.5. The van der Waals surface area contributed by atoms with Gasteiger partial charge in [0.25, 0.3) is 0 Å². The number of anilines is 1. The summed E-state index contributed by atoms with van der Waals surface area (Å²) in [6.45, 7) is 3.57. The first-order valence-electron chi connectivity index (χ1n) is 10.5. The van der Waals surface area contributed by atoms with Gasteiger partial charge >= 0.3 is 6.03 Å². The summed E-state index contributed by atoms with van der Waals surface area (Å²) in [6, 6.07) is 25.9. The van der Waals surface area contributed by atoms with Gasteiger partial charge in [-0.1, -0.05) is 54.6 Å². The van der Waals surface area contributed by atoms with E-state index in [1.165, 1.54) is 5.56 Å². The van der Waals surface area contributed by atoms with Gasteiger partial charge in [0.2, 0.25) is 5.89 Å². The topological polar surface area (TPSA) is 61.6 Å². The molecule has 0 spiro atoms. The Morgan fingerprint density at radius 1 is 0.871 bits per heavy atom. The molecule has 0 atom stereocenters. The van der Waals surface area contributed by atoms with Gasteiger partial charge in [-0.3, -0.25) is 4.90 Å². The highest BCUT2D eigenvalue weighted by molar-refractivity contribution is 5.89.